The Hall–Kier alpha value is -2.81. The molecule has 0 saturated heterocycles. The van der Waals surface area contributed by atoms with Gasteiger partial charge >= 0.3 is 0 Å². The Balaban J connectivity index is 2.03. The quantitative estimate of drug-likeness (QED) is 0.542. The summed E-state index contributed by atoms with van der Waals surface area (Å²) in [5, 5.41) is 0. The zero-order chi connectivity index (χ0) is 18.7. The molecular weight excluding hydrogens is 320 g/mol. The van der Waals surface area contributed by atoms with Gasteiger partial charge in [0.1, 0.15) is 5.75 Å². The molecule has 3 aromatic rings. The number of rotatable bonds is 5. The summed E-state index contributed by atoms with van der Waals surface area (Å²) in [6.45, 7) is 8.70. The van der Waals surface area contributed by atoms with Crippen molar-refractivity contribution >= 4 is 11.9 Å². The average Bonchev–Trinajstić information content (AvgIpc) is 2.93. The van der Waals surface area contributed by atoms with E-state index in [0.717, 1.165) is 23.4 Å². The van der Waals surface area contributed by atoms with Gasteiger partial charge in [-0.1, -0.05) is 31.2 Å². The zero-order valence-corrected chi connectivity index (χ0v) is 16.2. The van der Waals surface area contributed by atoms with E-state index >= 15 is 0 Å². The van der Waals surface area contributed by atoms with Crippen molar-refractivity contribution < 1.29 is 4.74 Å². The summed E-state index contributed by atoms with van der Waals surface area (Å²) >= 11 is 0. The van der Waals surface area contributed by atoms with Crippen LogP contribution in [0.2, 0.25) is 0 Å². The predicted octanol–water partition coefficient (Wildman–Crippen LogP) is 5.72. The summed E-state index contributed by atoms with van der Waals surface area (Å²) < 4.78 is 7.62. The Bertz CT molecular complexity index is 951. The number of hydrogen-bond donors (Lipinski definition) is 0. The molecule has 0 N–H and O–H groups in total. The minimum absolute atomic E-state index is 0.817. The van der Waals surface area contributed by atoms with Crippen molar-refractivity contribution in [2.45, 2.75) is 34.1 Å². The first-order valence-corrected chi connectivity index (χ1v) is 9.01. The van der Waals surface area contributed by atoms with Gasteiger partial charge in [0.15, 0.2) is 0 Å². The number of nitrogens with zero attached hydrogens (tertiary/aromatic N) is 2. The Labute approximate surface area is 156 Å². The van der Waals surface area contributed by atoms with Gasteiger partial charge in [0, 0.05) is 29.2 Å². The van der Waals surface area contributed by atoms with Crippen LogP contribution in [0.15, 0.2) is 53.5 Å². The van der Waals surface area contributed by atoms with Gasteiger partial charge in [-0.05, 0) is 56.5 Å². The van der Waals surface area contributed by atoms with Crippen LogP contribution in [0.1, 0.15) is 35.0 Å². The third-order valence-electron chi connectivity index (χ3n) is 4.80. The first-order valence-electron chi connectivity index (χ1n) is 9.01. The molecule has 0 bridgehead atoms. The van der Waals surface area contributed by atoms with Crippen LogP contribution in [0, 0.1) is 20.8 Å². The number of ether oxygens (including phenoxy) is 1. The van der Waals surface area contributed by atoms with Crippen molar-refractivity contribution in [3.8, 4) is 11.4 Å². The molecule has 26 heavy (non-hydrogen) atoms. The summed E-state index contributed by atoms with van der Waals surface area (Å²) in [7, 11) is 1.67. The van der Waals surface area contributed by atoms with Crippen LogP contribution >= 0.6 is 0 Å². The molecule has 0 saturated carbocycles. The molecule has 1 heterocycles. The van der Waals surface area contributed by atoms with Gasteiger partial charge in [0.2, 0.25) is 0 Å². The lowest BCUT2D eigenvalue weighted by Gasteiger charge is -2.17. The average molecular weight is 346 g/mol. The molecule has 1 aromatic heterocycles. The number of aromatic nitrogens is 1. The highest BCUT2D eigenvalue weighted by atomic mass is 16.5. The van der Waals surface area contributed by atoms with Crippen molar-refractivity contribution in [1.29, 1.82) is 0 Å². The molecule has 3 rings (SSSR count). The van der Waals surface area contributed by atoms with Crippen molar-refractivity contribution in [2.24, 2.45) is 4.99 Å². The van der Waals surface area contributed by atoms with Crippen LogP contribution in [-0.2, 0) is 6.42 Å². The highest BCUT2D eigenvalue weighted by molar-refractivity contribution is 5.84. The molecular formula is C23H26N2O. The molecule has 0 atom stereocenters. The normalized spacial score (nSPS) is 11.3. The van der Waals surface area contributed by atoms with E-state index in [0.29, 0.717) is 0 Å². The Morgan fingerprint density at radius 1 is 1.04 bits per heavy atom. The summed E-state index contributed by atoms with van der Waals surface area (Å²) in [6.07, 6.45) is 2.96. The number of para-hydroxylation sites is 1. The first kappa shape index (κ1) is 18.0. The number of methoxy groups -OCH3 is 1. The van der Waals surface area contributed by atoms with E-state index in [1.54, 1.807) is 7.11 Å². The number of aryl methyl sites for hydroxylation is 3. The molecule has 3 heteroatoms. The highest BCUT2D eigenvalue weighted by Crippen LogP contribution is 2.27. The van der Waals surface area contributed by atoms with E-state index in [9.17, 15) is 0 Å². The van der Waals surface area contributed by atoms with Gasteiger partial charge in [0.05, 0.1) is 18.5 Å². The molecule has 2 aromatic carbocycles. The fraction of sp³-hybridized carbons (Fsp3) is 0.261. The van der Waals surface area contributed by atoms with Gasteiger partial charge in [0.25, 0.3) is 0 Å². The second-order valence-electron chi connectivity index (χ2n) is 6.56. The molecule has 3 nitrogen and oxygen atoms in total. The minimum Gasteiger partial charge on any atom is -0.497 e. The Morgan fingerprint density at radius 2 is 1.81 bits per heavy atom. The second-order valence-corrected chi connectivity index (χ2v) is 6.56. The van der Waals surface area contributed by atoms with Gasteiger partial charge in [-0.2, -0.15) is 0 Å². The smallest absolute Gasteiger partial charge is 0.121 e. The zero-order valence-electron chi connectivity index (χ0n) is 16.2. The number of hydrogen-bond acceptors (Lipinski definition) is 2. The second kappa shape index (κ2) is 7.61. The molecule has 0 amide bonds. The monoisotopic (exact) mass is 346 g/mol. The van der Waals surface area contributed by atoms with Crippen LogP contribution in [0.5, 0.6) is 5.75 Å². The molecule has 134 valence electrons. The summed E-state index contributed by atoms with van der Waals surface area (Å²) in [6, 6.07) is 16.5. The highest BCUT2D eigenvalue weighted by Gasteiger charge is 2.14. The van der Waals surface area contributed by atoms with E-state index in [2.05, 4.69) is 61.5 Å². The summed E-state index contributed by atoms with van der Waals surface area (Å²) in [5.74, 6) is 0.817. The summed E-state index contributed by atoms with van der Waals surface area (Å²) in [5.41, 5.74) is 8.41. The lowest BCUT2D eigenvalue weighted by Crippen LogP contribution is -2.05. The Kier molecular flexibility index (Phi) is 5.27. The molecule has 0 spiro atoms. The molecule has 0 aliphatic rings. The van der Waals surface area contributed by atoms with Crippen molar-refractivity contribution in [2.75, 3.05) is 7.11 Å². The first-order chi connectivity index (χ1) is 12.5. The van der Waals surface area contributed by atoms with Crippen LogP contribution in [0.4, 0.5) is 5.69 Å². The van der Waals surface area contributed by atoms with Crippen LogP contribution in [-0.4, -0.2) is 17.9 Å². The van der Waals surface area contributed by atoms with Gasteiger partial charge in [-0.3, -0.25) is 4.99 Å². The van der Waals surface area contributed by atoms with Gasteiger partial charge in [-0.15, -0.1) is 0 Å². The molecule has 0 aliphatic carbocycles. The van der Waals surface area contributed by atoms with Crippen LogP contribution < -0.4 is 4.74 Å². The minimum atomic E-state index is 0.817. The fourth-order valence-corrected chi connectivity index (χ4v) is 3.42. The number of aliphatic imine (C=N–C) groups is 1. The largest absolute Gasteiger partial charge is 0.497 e. The third-order valence-corrected chi connectivity index (χ3v) is 4.80. The fourth-order valence-electron chi connectivity index (χ4n) is 3.42. The van der Waals surface area contributed by atoms with Crippen molar-refractivity contribution in [3.63, 3.8) is 0 Å². The standard InChI is InChI=1S/C23H26N2O/c1-6-19-10-7-9-16(2)23(19)25-17(3)13-20(18(25)4)15-24-21-11-8-12-22(14-21)26-5/h7-15H,6H2,1-5H3. The lowest BCUT2D eigenvalue weighted by atomic mass is 10.1. The topological polar surface area (TPSA) is 26.5 Å². The molecule has 0 aliphatic heterocycles. The SMILES string of the molecule is CCc1cccc(C)c1-n1c(C)cc(C=Nc2cccc(OC)c2)c1C. The van der Waals surface area contributed by atoms with E-state index in [1.165, 1.54) is 28.2 Å². The predicted molar refractivity (Wildman–Crippen MR) is 110 cm³/mol. The molecule has 0 fully saturated rings. The van der Waals surface area contributed by atoms with Gasteiger partial charge in [-0.25, -0.2) is 0 Å². The van der Waals surface area contributed by atoms with Crippen molar-refractivity contribution in [1.82, 2.24) is 4.57 Å². The maximum Gasteiger partial charge on any atom is 0.121 e. The summed E-state index contributed by atoms with van der Waals surface area (Å²) in [4.78, 5) is 4.64. The lowest BCUT2D eigenvalue weighted by molar-refractivity contribution is 0.415. The van der Waals surface area contributed by atoms with E-state index in [4.69, 9.17) is 4.74 Å². The molecule has 0 unspecified atom stereocenters. The third kappa shape index (κ3) is 3.43. The van der Waals surface area contributed by atoms with E-state index < -0.39 is 0 Å². The van der Waals surface area contributed by atoms with Crippen molar-refractivity contribution in [3.05, 3.63) is 76.6 Å². The number of benzene rings is 2. The Morgan fingerprint density at radius 3 is 2.54 bits per heavy atom. The maximum absolute atomic E-state index is 5.27. The van der Waals surface area contributed by atoms with E-state index in [-0.39, 0.29) is 0 Å². The van der Waals surface area contributed by atoms with Gasteiger partial charge < -0.3 is 9.30 Å². The van der Waals surface area contributed by atoms with E-state index in [1.807, 2.05) is 30.5 Å². The molecule has 0 radical (unpaired) electrons. The van der Waals surface area contributed by atoms with Crippen LogP contribution in [0.25, 0.3) is 5.69 Å². The van der Waals surface area contributed by atoms with Crippen LogP contribution in [0.3, 0.4) is 0 Å². The maximum atomic E-state index is 5.27.